The first-order chi connectivity index (χ1) is 13.5. The quantitative estimate of drug-likeness (QED) is 0.669. The molecule has 0 amide bonds. The van der Waals surface area contributed by atoms with Crippen LogP contribution in [0.3, 0.4) is 0 Å². The number of benzene rings is 1. The highest BCUT2D eigenvalue weighted by Gasteiger charge is 2.36. The molecule has 0 radical (unpaired) electrons. The van der Waals surface area contributed by atoms with Crippen LogP contribution < -0.4 is 5.32 Å². The molecule has 0 atom stereocenters. The van der Waals surface area contributed by atoms with E-state index >= 15 is 0 Å². The van der Waals surface area contributed by atoms with Crippen LogP contribution in [0.5, 0.6) is 5.75 Å². The van der Waals surface area contributed by atoms with Crippen molar-refractivity contribution in [2.75, 3.05) is 19.8 Å². The van der Waals surface area contributed by atoms with Crippen molar-refractivity contribution in [3.63, 3.8) is 0 Å². The Kier molecular flexibility index (Phi) is 6.15. The van der Waals surface area contributed by atoms with Gasteiger partial charge >= 0.3 is 0 Å². The first-order valence-corrected chi connectivity index (χ1v) is 11.5. The molecular formula is C24H36N2O2S. The smallest absolute Gasteiger partial charge is 0.123 e. The third-order valence-electron chi connectivity index (χ3n) is 5.80. The van der Waals surface area contributed by atoms with Gasteiger partial charge in [0, 0.05) is 35.3 Å². The molecule has 0 unspecified atom stereocenters. The fraction of sp³-hybridized carbons (Fsp3) is 0.625. The second-order valence-corrected chi connectivity index (χ2v) is 11.0. The first-order valence-electron chi connectivity index (χ1n) is 10.6. The number of aromatic nitrogens is 1. The number of nitrogens with one attached hydrogen (secondary N) is 1. The molecule has 29 heavy (non-hydrogen) atoms. The van der Waals surface area contributed by atoms with Gasteiger partial charge in [-0.2, -0.15) is 0 Å². The number of rotatable bonds is 4. The van der Waals surface area contributed by atoms with Crippen LogP contribution in [0.2, 0.25) is 0 Å². The molecule has 160 valence electrons. The van der Waals surface area contributed by atoms with Gasteiger partial charge in [-0.3, -0.25) is 0 Å². The van der Waals surface area contributed by atoms with Crippen LogP contribution in [0.15, 0.2) is 17.5 Å². The zero-order valence-corrected chi connectivity index (χ0v) is 19.8. The SMILES string of the molecule is CCNC1(c2nc(-c3cc(C(C)(C)C)c(O)c(C(C)(C)C)c3)cs2)CCOCC1. The maximum Gasteiger partial charge on any atom is 0.123 e. The van der Waals surface area contributed by atoms with Gasteiger partial charge in [-0.1, -0.05) is 48.5 Å². The standard InChI is InChI=1S/C24H36N2O2S/c1-8-25-24(9-11-28-12-10-24)21-26-19(15-29-21)16-13-17(22(2,3)4)20(27)18(14-16)23(5,6)7/h13-15,25,27H,8-12H2,1-7H3. The van der Waals surface area contributed by atoms with Crippen molar-refractivity contribution in [2.24, 2.45) is 0 Å². The summed E-state index contributed by atoms with van der Waals surface area (Å²) in [6.07, 6.45) is 1.90. The van der Waals surface area contributed by atoms with E-state index in [1.165, 1.54) is 0 Å². The molecule has 0 saturated carbocycles. The van der Waals surface area contributed by atoms with E-state index in [1.807, 2.05) is 0 Å². The van der Waals surface area contributed by atoms with Crippen LogP contribution in [0.4, 0.5) is 0 Å². The van der Waals surface area contributed by atoms with Crippen LogP contribution in [0, 0.1) is 0 Å². The Morgan fingerprint density at radius 2 is 1.62 bits per heavy atom. The lowest BCUT2D eigenvalue weighted by atomic mass is 9.78. The van der Waals surface area contributed by atoms with Crippen LogP contribution in [-0.2, 0) is 21.1 Å². The Labute approximate surface area is 179 Å². The van der Waals surface area contributed by atoms with Crippen molar-refractivity contribution in [1.29, 1.82) is 0 Å². The molecule has 4 nitrogen and oxygen atoms in total. The van der Waals surface area contributed by atoms with E-state index in [0.29, 0.717) is 5.75 Å². The van der Waals surface area contributed by atoms with Crippen LogP contribution >= 0.6 is 11.3 Å². The number of phenolic OH excluding ortho intramolecular Hbond substituents is 1. The highest BCUT2D eigenvalue weighted by atomic mass is 32.1. The maximum atomic E-state index is 11.0. The van der Waals surface area contributed by atoms with Gasteiger partial charge in [0.15, 0.2) is 0 Å². The lowest BCUT2D eigenvalue weighted by Gasteiger charge is -2.36. The Morgan fingerprint density at radius 1 is 1.07 bits per heavy atom. The number of aromatic hydroxyl groups is 1. The minimum absolute atomic E-state index is 0.0907. The number of ether oxygens (including phenoxy) is 1. The summed E-state index contributed by atoms with van der Waals surface area (Å²) in [4.78, 5) is 5.09. The summed E-state index contributed by atoms with van der Waals surface area (Å²) in [6.45, 7) is 17.5. The first kappa shape index (κ1) is 22.3. The highest BCUT2D eigenvalue weighted by molar-refractivity contribution is 7.10. The van der Waals surface area contributed by atoms with E-state index in [1.54, 1.807) is 11.3 Å². The van der Waals surface area contributed by atoms with E-state index in [0.717, 1.165) is 60.0 Å². The molecule has 2 N–H and O–H groups in total. The van der Waals surface area contributed by atoms with Gasteiger partial charge in [-0.25, -0.2) is 4.98 Å². The van der Waals surface area contributed by atoms with Gasteiger partial charge in [-0.05, 0) is 42.3 Å². The van der Waals surface area contributed by atoms with Gasteiger partial charge in [-0.15, -0.1) is 11.3 Å². The lowest BCUT2D eigenvalue weighted by Crippen LogP contribution is -2.46. The number of hydrogen-bond donors (Lipinski definition) is 2. The van der Waals surface area contributed by atoms with E-state index in [2.05, 4.69) is 71.3 Å². The predicted octanol–water partition coefficient (Wildman–Crippen LogP) is 5.73. The Morgan fingerprint density at radius 3 is 2.10 bits per heavy atom. The Balaban J connectivity index is 2.10. The van der Waals surface area contributed by atoms with Gasteiger partial charge in [0.05, 0.1) is 11.2 Å². The summed E-state index contributed by atoms with van der Waals surface area (Å²) in [5.74, 6) is 0.415. The minimum atomic E-state index is -0.148. The van der Waals surface area contributed by atoms with Crippen molar-refractivity contribution in [3.05, 3.63) is 33.6 Å². The Hall–Kier alpha value is -1.43. The number of nitrogens with zero attached hydrogens (tertiary/aromatic N) is 1. The van der Waals surface area contributed by atoms with Gasteiger partial charge < -0.3 is 15.2 Å². The average Bonchev–Trinajstić information content (AvgIpc) is 3.12. The zero-order chi connectivity index (χ0) is 21.4. The highest BCUT2D eigenvalue weighted by Crippen LogP contribution is 2.43. The van der Waals surface area contributed by atoms with Crippen LogP contribution in [-0.4, -0.2) is 29.8 Å². The van der Waals surface area contributed by atoms with Crippen LogP contribution in [0.25, 0.3) is 11.3 Å². The van der Waals surface area contributed by atoms with Gasteiger partial charge in [0.2, 0.25) is 0 Å². The summed E-state index contributed by atoms with van der Waals surface area (Å²) >= 11 is 1.73. The van der Waals surface area contributed by atoms with Crippen molar-refractivity contribution in [1.82, 2.24) is 10.3 Å². The summed E-state index contributed by atoms with van der Waals surface area (Å²) in [5, 5.41) is 18.0. The van der Waals surface area contributed by atoms with Crippen molar-refractivity contribution in [2.45, 2.75) is 77.7 Å². The third-order valence-corrected chi connectivity index (χ3v) is 6.84. The molecule has 2 aromatic rings. The number of phenols is 1. The zero-order valence-electron chi connectivity index (χ0n) is 19.0. The van der Waals surface area contributed by atoms with Crippen LogP contribution in [0.1, 0.15) is 77.4 Å². The largest absolute Gasteiger partial charge is 0.507 e. The summed E-state index contributed by atoms with van der Waals surface area (Å²) in [7, 11) is 0. The van der Waals surface area contributed by atoms with Gasteiger partial charge in [0.25, 0.3) is 0 Å². The molecular weight excluding hydrogens is 380 g/mol. The summed E-state index contributed by atoms with van der Waals surface area (Å²) in [5.41, 5.74) is 3.63. The number of hydrogen-bond acceptors (Lipinski definition) is 5. The molecule has 1 aromatic carbocycles. The monoisotopic (exact) mass is 416 g/mol. The van der Waals surface area contributed by atoms with Gasteiger partial charge in [0.1, 0.15) is 10.8 Å². The topological polar surface area (TPSA) is 54.4 Å². The molecule has 5 heteroatoms. The molecule has 1 fully saturated rings. The average molecular weight is 417 g/mol. The normalized spacial score (nSPS) is 17.5. The fourth-order valence-electron chi connectivity index (χ4n) is 4.08. The molecule has 1 aromatic heterocycles. The summed E-state index contributed by atoms with van der Waals surface area (Å²) < 4.78 is 5.61. The van der Waals surface area contributed by atoms with E-state index in [9.17, 15) is 5.11 Å². The molecule has 0 spiro atoms. The molecule has 0 aliphatic carbocycles. The number of thiazole rings is 1. The lowest BCUT2D eigenvalue weighted by molar-refractivity contribution is 0.0373. The molecule has 2 heterocycles. The van der Waals surface area contributed by atoms with Crippen molar-refractivity contribution in [3.8, 4) is 17.0 Å². The van der Waals surface area contributed by atoms with Crippen molar-refractivity contribution < 1.29 is 9.84 Å². The Bertz CT molecular complexity index is 812. The summed E-state index contributed by atoms with van der Waals surface area (Å²) in [6, 6.07) is 4.24. The molecule has 1 aliphatic rings. The van der Waals surface area contributed by atoms with E-state index in [-0.39, 0.29) is 16.4 Å². The molecule has 1 aliphatic heterocycles. The third kappa shape index (κ3) is 4.52. The second-order valence-electron chi connectivity index (χ2n) is 10.2. The molecule has 3 rings (SSSR count). The molecule has 1 saturated heterocycles. The van der Waals surface area contributed by atoms with Crippen molar-refractivity contribution >= 4 is 11.3 Å². The van der Waals surface area contributed by atoms with E-state index < -0.39 is 0 Å². The maximum absolute atomic E-state index is 11.0. The van der Waals surface area contributed by atoms with E-state index in [4.69, 9.17) is 9.72 Å². The predicted molar refractivity (Wildman–Crippen MR) is 122 cm³/mol. The fourth-order valence-corrected chi connectivity index (χ4v) is 5.14. The second kappa shape index (κ2) is 8.01. The minimum Gasteiger partial charge on any atom is -0.507 e. The molecule has 0 bridgehead atoms.